The van der Waals surface area contributed by atoms with Crippen LogP contribution in [0.2, 0.25) is 0 Å². The largest absolute Gasteiger partial charge is 0.418 e. The maximum absolute atomic E-state index is 12.3. The molecule has 6 saturated heterocycles. The Morgan fingerprint density at radius 3 is 1.51 bits per heavy atom. The minimum atomic E-state index is -4.81. The van der Waals surface area contributed by atoms with Crippen LogP contribution in [-0.2, 0) is 53.4 Å². The van der Waals surface area contributed by atoms with Gasteiger partial charge < -0.3 is 19.4 Å². The number of nitrogens with one attached hydrogen (secondary N) is 2. The van der Waals surface area contributed by atoms with Gasteiger partial charge in [0.2, 0.25) is 0 Å². The van der Waals surface area contributed by atoms with Gasteiger partial charge in [-0.15, -0.1) is 8.57 Å². The number of hydrogen-bond donors (Lipinski definition) is 4. The summed E-state index contributed by atoms with van der Waals surface area (Å²) in [5, 5.41) is 1.21. The van der Waals surface area contributed by atoms with Gasteiger partial charge in [0.15, 0.2) is 0 Å². The first kappa shape index (κ1) is 39.2. The van der Waals surface area contributed by atoms with Gasteiger partial charge in [0.1, 0.15) is 12.1 Å². The number of piperidine rings is 2. The lowest BCUT2D eigenvalue weighted by molar-refractivity contribution is -0.139. The molecule has 23 nitrogen and oxygen atoms in total. The van der Waals surface area contributed by atoms with Gasteiger partial charge in [-0.3, -0.25) is 33.3 Å². The zero-order valence-electron chi connectivity index (χ0n) is 27.7. The molecule has 0 unspecified atom stereocenters. The molecule has 0 spiro atoms. The third-order valence-electron chi connectivity index (χ3n) is 9.27. The fourth-order valence-corrected chi connectivity index (χ4v) is 7.55. The predicted octanol–water partition coefficient (Wildman–Crippen LogP) is -2.50. The van der Waals surface area contributed by atoms with Crippen molar-refractivity contribution in [1.29, 1.82) is 0 Å². The number of carbonyl (C=O) groups excluding carboxylic acids is 4. The maximum Gasteiger partial charge on any atom is 0.418 e. The summed E-state index contributed by atoms with van der Waals surface area (Å²) in [5.74, 6) is -0.936. The van der Waals surface area contributed by atoms with Gasteiger partial charge in [-0.2, -0.15) is 27.0 Å². The van der Waals surface area contributed by atoms with Gasteiger partial charge in [-0.05, 0) is 51.6 Å². The summed E-state index contributed by atoms with van der Waals surface area (Å²) in [6.45, 7) is 7.37. The van der Waals surface area contributed by atoms with Crippen molar-refractivity contribution >= 4 is 44.7 Å². The number of amides is 6. The monoisotopic (exact) mass is 772 g/mol. The zero-order chi connectivity index (χ0) is 36.8. The van der Waals surface area contributed by atoms with Crippen LogP contribution in [-0.4, -0.2) is 182 Å². The Morgan fingerprint density at radius 1 is 0.686 bits per heavy atom. The van der Waals surface area contributed by atoms with E-state index in [-0.39, 0.29) is 13.1 Å². The number of carbonyl (C=O) groups is 4. The topological polar surface area (TPSA) is 267 Å². The van der Waals surface area contributed by atoms with Crippen LogP contribution in [0.3, 0.4) is 0 Å². The van der Waals surface area contributed by atoms with Crippen LogP contribution in [0.25, 0.3) is 0 Å². The second-order valence-corrected chi connectivity index (χ2v) is 14.7. The molecule has 6 fully saturated rings. The summed E-state index contributed by atoms with van der Waals surface area (Å²) in [7, 11) is -9.60. The molecular formula is C26H44N8O15S2. The summed E-state index contributed by atoms with van der Waals surface area (Å²) in [5.41, 5.74) is 4.70. The van der Waals surface area contributed by atoms with Gasteiger partial charge in [-0.25, -0.2) is 20.5 Å². The van der Waals surface area contributed by atoms with Crippen LogP contribution in [0.15, 0.2) is 0 Å². The molecule has 4 atom stereocenters. The average molecular weight is 773 g/mol. The SMILES string of the molecule is O=C(NOCCN1CCCC1)[C@@H]1CC[C@@H]2CN1C(=O)N2OS(=O)(=O)O.O=C(NOCCN1CCOCC1)[C@@H]1CC[C@@H]2CN1C(=O)N2OS(=O)(=O)O. The lowest BCUT2D eigenvalue weighted by Gasteiger charge is -2.29. The van der Waals surface area contributed by atoms with Crippen molar-refractivity contribution in [3.05, 3.63) is 0 Å². The standard InChI is InChI=1S/C13H22N4O8S.C13H22N4O7S/c18-12(14-24-8-5-15-3-6-23-7-4-15)11-2-1-10-9-16(11)13(19)17(10)25-26(20,21)22;18-12(14-23-8-7-15-5-1-2-6-15)11-4-3-10-9-16(11)13(19)17(10)24-25(20,21)22/h10-11H,1-9H2,(H,14,18)(H,20,21,22);10-11H,1-9H2,(H,14,18)(H,20,21,22)/t2*10-,11+/m11/s1. The van der Waals surface area contributed by atoms with E-state index in [1.165, 1.54) is 22.6 Å². The molecule has 290 valence electrons. The molecule has 6 aliphatic heterocycles. The van der Waals surface area contributed by atoms with Crippen LogP contribution in [0, 0.1) is 0 Å². The highest BCUT2D eigenvalue weighted by Crippen LogP contribution is 2.32. The van der Waals surface area contributed by atoms with Crippen LogP contribution in [0.4, 0.5) is 9.59 Å². The Bertz CT molecular complexity index is 1480. The van der Waals surface area contributed by atoms with Crippen molar-refractivity contribution < 1.29 is 68.1 Å². The number of rotatable bonds is 14. The van der Waals surface area contributed by atoms with E-state index in [4.69, 9.17) is 23.5 Å². The maximum atomic E-state index is 12.3. The predicted molar refractivity (Wildman–Crippen MR) is 168 cm³/mol. The van der Waals surface area contributed by atoms with E-state index in [9.17, 15) is 36.0 Å². The summed E-state index contributed by atoms with van der Waals surface area (Å²) in [4.78, 5) is 66.2. The van der Waals surface area contributed by atoms with E-state index < -0.39 is 68.8 Å². The molecule has 0 aromatic heterocycles. The molecule has 0 aromatic carbocycles. The number of nitrogens with zero attached hydrogens (tertiary/aromatic N) is 6. The molecule has 4 bridgehead atoms. The molecule has 6 rings (SSSR count). The molecule has 0 aliphatic carbocycles. The first-order valence-electron chi connectivity index (χ1n) is 16.6. The highest BCUT2D eigenvalue weighted by molar-refractivity contribution is 7.81. The van der Waals surface area contributed by atoms with Crippen molar-refractivity contribution in [2.75, 3.05) is 78.8 Å². The fourth-order valence-electron chi connectivity index (χ4n) is 6.77. The average Bonchev–Trinajstić information content (AvgIpc) is 3.75. The minimum Gasteiger partial charge on any atom is -0.379 e. The molecule has 4 N–H and O–H groups in total. The Labute approximate surface area is 294 Å². The quantitative estimate of drug-likeness (QED) is 0.0808. The van der Waals surface area contributed by atoms with Crippen molar-refractivity contribution in [2.24, 2.45) is 0 Å². The molecular weight excluding hydrogens is 728 g/mol. The summed E-state index contributed by atoms with van der Waals surface area (Å²) >= 11 is 0. The number of hydrogen-bond acceptors (Lipinski definition) is 15. The fraction of sp³-hybridized carbons (Fsp3) is 0.846. The lowest BCUT2D eigenvalue weighted by atomic mass is 10.0. The molecule has 51 heavy (non-hydrogen) atoms. The second-order valence-electron chi connectivity index (χ2n) is 12.7. The first-order chi connectivity index (χ1) is 24.2. The summed E-state index contributed by atoms with van der Waals surface area (Å²) in [6, 6.07) is -4.14. The Morgan fingerprint density at radius 2 is 1.10 bits per heavy atom. The highest BCUT2D eigenvalue weighted by Gasteiger charge is 2.50. The zero-order valence-corrected chi connectivity index (χ0v) is 29.4. The van der Waals surface area contributed by atoms with Gasteiger partial charge in [-0.1, -0.05) is 0 Å². The minimum absolute atomic E-state index is 0.139. The Balaban J connectivity index is 0.000000198. The number of urea groups is 2. The van der Waals surface area contributed by atoms with Crippen molar-refractivity contribution in [2.45, 2.75) is 62.7 Å². The van der Waals surface area contributed by atoms with Gasteiger partial charge in [0, 0.05) is 39.3 Å². The summed E-state index contributed by atoms with van der Waals surface area (Å²) in [6.07, 6.45) is 3.78. The molecule has 6 aliphatic rings. The second kappa shape index (κ2) is 17.2. The lowest BCUT2D eigenvalue weighted by Crippen LogP contribution is -2.50. The highest BCUT2D eigenvalue weighted by atomic mass is 32.3. The van der Waals surface area contributed by atoms with Crippen LogP contribution < -0.4 is 11.0 Å². The van der Waals surface area contributed by atoms with Crippen molar-refractivity contribution in [3.63, 3.8) is 0 Å². The van der Waals surface area contributed by atoms with Gasteiger partial charge in [0.25, 0.3) is 11.8 Å². The molecule has 6 amide bonds. The number of ether oxygens (including phenoxy) is 1. The van der Waals surface area contributed by atoms with E-state index in [0.29, 0.717) is 68.8 Å². The Hall–Kier alpha value is -2.98. The smallest absolute Gasteiger partial charge is 0.379 e. The van der Waals surface area contributed by atoms with Gasteiger partial charge in [0.05, 0.1) is 38.5 Å². The molecule has 25 heteroatoms. The third-order valence-corrected chi connectivity index (χ3v) is 9.97. The van der Waals surface area contributed by atoms with E-state index >= 15 is 0 Å². The number of morpholine rings is 1. The first-order valence-corrected chi connectivity index (χ1v) is 19.3. The molecule has 0 saturated carbocycles. The van der Waals surface area contributed by atoms with Crippen LogP contribution in [0.5, 0.6) is 0 Å². The number of hydroxylamine groups is 6. The molecule has 6 heterocycles. The van der Waals surface area contributed by atoms with Crippen molar-refractivity contribution in [3.8, 4) is 0 Å². The third kappa shape index (κ3) is 10.8. The van der Waals surface area contributed by atoms with E-state index in [0.717, 1.165) is 32.7 Å². The van der Waals surface area contributed by atoms with Crippen molar-refractivity contribution in [1.82, 2.24) is 40.7 Å². The van der Waals surface area contributed by atoms with E-state index in [1.54, 1.807) is 0 Å². The van der Waals surface area contributed by atoms with Crippen LogP contribution in [0.1, 0.15) is 38.5 Å². The Kier molecular flexibility index (Phi) is 13.3. The van der Waals surface area contributed by atoms with E-state index in [1.807, 2.05) is 0 Å². The number of likely N-dealkylation sites (tertiary alicyclic amines) is 1. The van der Waals surface area contributed by atoms with Crippen LogP contribution >= 0.6 is 0 Å². The molecule has 0 radical (unpaired) electrons. The van der Waals surface area contributed by atoms with Gasteiger partial charge >= 0.3 is 32.9 Å². The normalized spacial score (nSPS) is 27.1. The van der Waals surface area contributed by atoms with E-state index in [2.05, 4.69) is 29.3 Å². The molecule has 0 aromatic rings. The summed E-state index contributed by atoms with van der Waals surface area (Å²) < 4.78 is 74.8. The number of fused-ring (bicyclic) bond motifs is 4.